The van der Waals surface area contributed by atoms with Crippen molar-refractivity contribution >= 4 is 23.9 Å². The third kappa shape index (κ3) is 3.27. The van der Waals surface area contributed by atoms with Gasteiger partial charge in [-0.1, -0.05) is 0 Å². The van der Waals surface area contributed by atoms with Crippen LogP contribution in [0.25, 0.3) is 21.4 Å². The first kappa shape index (κ1) is 13.0. The lowest BCUT2D eigenvalue weighted by Crippen LogP contribution is -1.82. The number of carbonyl (C=O) groups is 1. The van der Waals surface area contributed by atoms with Crippen LogP contribution in [-0.2, 0) is 9.53 Å². The molecule has 0 aliphatic carbocycles. The molecule has 0 radical (unpaired) electrons. The van der Waals surface area contributed by atoms with Crippen molar-refractivity contribution in [2.75, 3.05) is 0 Å². The molecule has 2 rings (SSSR count). The van der Waals surface area contributed by atoms with E-state index in [4.69, 9.17) is 6.57 Å². The van der Waals surface area contributed by atoms with E-state index < -0.39 is 0 Å². The van der Waals surface area contributed by atoms with Crippen LogP contribution in [0.2, 0.25) is 0 Å². The Hall–Kier alpha value is -2.45. The molecule has 2 heterocycles. The van der Waals surface area contributed by atoms with Gasteiger partial charge >= 0.3 is 5.88 Å². The van der Waals surface area contributed by atoms with Gasteiger partial charge in [0.05, 0.1) is 6.57 Å². The Morgan fingerprint density at radius 3 is 3.00 bits per heavy atom. The smallest absolute Gasteiger partial charge is 0.349 e. The lowest BCUT2D eigenvalue weighted by molar-refractivity contribution is -0.124. The highest BCUT2D eigenvalue weighted by atomic mass is 32.1. The molecule has 19 heavy (non-hydrogen) atoms. The second kappa shape index (κ2) is 5.94. The topological polar surface area (TPSA) is 43.5 Å². The van der Waals surface area contributed by atoms with Crippen molar-refractivity contribution in [3.05, 3.63) is 58.3 Å². The summed E-state index contributed by atoms with van der Waals surface area (Å²) in [5.41, 5.74) is 2.03. The summed E-state index contributed by atoms with van der Waals surface area (Å²) in [5, 5.41) is 0. The molecule has 5 heteroatoms. The monoisotopic (exact) mass is 270 g/mol. The third-order valence-electron chi connectivity index (χ3n) is 2.35. The van der Waals surface area contributed by atoms with E-state index in [0.29, 0.717) is 0 Å². The number of pyridine rings is 1. The number of thiophene rings is 1. The van der Waals surface area contributed by atoms with E-state index >= 15 is 0 Å². The predicted molar refractivity (Wildman–Crippen MR) is 74.0 cm³/mol. The molecule has 0 aliphatic heterocycles. The van der Waals surface area contributed by atoms with E-state index in [2.05, 4.69) is 14.6 Å². The molecule has 0 fully saturated rings. The molecule has 0 saturated carbocycles. The second-order valence-corrected chi connectivity index (χ2v) is 4.81. The van der Waals surface area contributed by atoms with Crippen LogP contribution in [0, 0.1) is 13.5 Å². The zero-order valence-corrected chi connectivity index (χ0v) is 11.0. The average Bonchev–Trinajstić information content (AvgIpc) is 2.87. The molecular formula is C14H10N2O2S. The largest absolute Gasteiger partial charge is 0.454 e. The number of ether oxygens (including phenoxy) is 1. The number of aryl methyl sites for hydroxylation is 1. The zero-order valence-electron chi connectivity index (χ0n) is 10.2. The first-order valence-electron chi connectivity index (χ1n) is 5.45. The van der Waals surface area contributed by atoms with Crippen LogP contribution < -0.4 is 0 Å². The van der Waals surface area contributed by atoms with Crippen LogP contribution in [0.1, 0.15) is 10.6 Å². The standard InChI is InChI=1S/C14H10N2O2S/c1-10-7-11(5-6-16-10)13-4-3-12(19-13)8-14(15-2)18-9-17/h3-9H,1H3/b14-8-. The van der Waals surface area contributed by atoms with Gasteiger partial charge in [-0.2, -0.15) is 4.85 Å². The number of hydrogen-bond acceptors (Lipinski definition) is 4. The highest BCUT2D eigenvalue weighted by Crippen LogP contribution is 2.29. The Morgan fingerprint density at radius 1 is 1.47 bits per heavy atom. The van der Waals surface area contributed by atoms with Crippen molar-refractivity contribution in [2.24, 2.45) is 0 Å². The van der Waals surface area contributed by atoms with Crippen molar-refractivity contribution in [1.29, 1.82) is 0 Å². The van der Waals surface area contributed by atoms with Crippen LogP contribution in [0.4, 0.5) is 0 Å². The second-order valence-electron chi connectivity index (χ2n) is 3.70. The van der Waals surface area contributed by atoms with Gasteiger partial charge in [-0.15, -0.1) is 11.3 Å². The minimum atomic E-state index is -0.0330. The van der Waals surface area contributed by atoms with Crippen LogP contribution in [0.15, 0.2) is 36.3 Å². The van der Waals surface area contributed by atoms with E-state index in [9.17, 15) is 4.79 Å². The Balaban J connectivity index is 2.29. The molecule has 0 aliphatic rings. The van der Waals surface area contributed by atoms with E-state index in [1.807, 2.05) is 31.2 Å². The molecule has 0 atom stereocenters. The van der Waals surface area contributed by atoms with Gasteiger partial charge in [0.15, 0.2) is 0 Å². The van der Waals surface area contributed by atoms with Crippen molar-refractivity contribution in [3.63, 3.8) is 0 Å². The average molecular weight is 270 g/mol. The molecule has 94 valence electrons. The molecule has 4 nitrogen and oxygen atoms in total. The van der Waals surface area contributed by atoms with E-state index in [0.717, 1.165) is 21.0 Å². The summed E-state index contributed by atoms with van der Waals surface area (Å²) in [4.78, 5) is 19.4. The Morgan fingerprint density at radius 2 is 2.32 bits per heavy atom. The van der Waals surface area contributed by atoms with E-state index in [1.165, 1.54) is 11.3 Å². The molecule has 0 N–H and O–H groups in total. The van der Waals surface area contributed by atoms with Gasteiger partial charge in [0.1, 0.15) is 0 Å². The number of aromatic nitrogens is 1. The van der Waals surface area contributed by atoms with Gasteiger partial charge in [-0.05, 0) is 36.8 Å². The SMILES string of the molecule is [C-]#[N+]/C(=C/c1ccc(-c2ccnc(C)c2)s1)OC=O. The highest BCUT2D eigenvalue weighted by molar-refractivity contribution is 7.16. The molecule has 0 aromatic carbocycles. The molecule has 2 aromatic heterocycles. The van der Waals surface area contributed by atoms with Crippen molar-refractivity contribution in [2.45, 2.75) is 6.92 Å². The van der Waals surface area contributed by atoms with E-state index in [1.54, 1.807) is 12.3 Å². The molecule has 0 unspecified atom stereocenters. The first-order valence-corrected chi connectivity index (χ1v) is 6.27. The summed E-state index contributed by atoms with van der Waals surface area (Å²) in [6.07, 6.45) is 3.31. The number of carbonyl (C=O) groups excluding carboxylic acids is 1. The Labute approximate surface area is 114 Å². The summed E-state index contributed by atoms with van der Waals surface area (Å²) in [7, 11) is 0. The van der Waals surface area contributed by atoms with Gasteiger partial charge < -0.3 is 4.74 Å². The maximum absolute atomic E-state index is 10.2. The van der Waals surface area contributed by atoms with Crippen LogP contribution >= 0.6 is 11.3 Å². The quantitative estimate of drug-likeness (QED) is 0.485. The lowest BCUT2D eigenvalue weighted by Gasteiger charge is -1.97. The van der Waals surface area contributed by atoms with Crippen LogP contribution in [0.3, 0.4) is 0 Å². The third-order valence-corrected chi connectivity index (χ3v) is 3.43. The van der Waals surface area contributed by atoms with Gasteiger partial charge in [0.2, 0.25) is 0 Å². The molecule has 0 saturated heterocycles. The normalized spacial score (nSPS) is 10.8. The maximum atomic E-state index is 10.2. The zero-order chi connectivity index (χ0) is 13.7. The fourth-order valence-corrected chi connectivity index (χ4v) is 2.48. The van der Waals surface area contributed by atoms with Crippen molar-refractivity contribution in [3.8, 4) is 10.4 Å². The minimum Gasteiger partial charge on any atom is -0.454 e. The molecule has 2 aromatic rings. The van der Waals surface area contributed by atoms with Crippen molar-refractivity contribution < 1.29 is 9.53 Å². The Kier molecular flexibility index (Phi) is 4.06. The number of hydrogen-bond donors (Lipinski definition) is 0. The fraction of sp³-hybridized carbons (Fsp3) is 0.0714. The van der Waals surface area contributed by atoms with Gasteiger partial charge in [0.25, 0.3) is 6.47 Å². The number of rotatable bonds is 4. The summed E-state index contributed by atoms with van der Waals surface area (Å²) in [6.45, 7) is 9.07. The summed E-state index contributed by atoms with van der Waals surface area (Å²) in [6, 6.07) is 7.78. The highest BCUT2D eigenvalue weighted by Gasteiger charge is 2.04. The molecule has 0 amide bonds. The minimum absolute atomic E-state index is 0.0330. The van der Waals surface area contributed by atoms with Gasteiger partial charge in [-0.25, -0.2) is 0 Å². The van der Waals surface area contributed by atoms with Crippen LogP contribution in [0.5, 0.6) is 0 Å². The first-order chi connectivity index (χ1) is 9.22. The van der Waals surface area contributed by atoms with Gasteiger partial charge in [-0.3, -0.25) is 9.78 Å². The molecule has 0 bridgehead atoms. The predicted octanol–water partition coefficient (Wildman–Crippen LogP) is 3.51. The molecule has 0 spiro atoms. The lowest BCUT2D eigenvalue weighted by atomic mass is 10.2. The summed E-state index contributed by atoms with van der Waals surface area (Å²) >= 11 is 1.52. The summed E-state index contributed by atoms with van der Waals surface area (Å²) in [5.74, 6) is -0.0330. The maximum Gasteiger partial charge on any atom is 0.349 e. The van der Waals surface area contributed by atoms with Gasteiger partial charge in [0, 0.05) is 27.7 Å². The number of nitrogens with zero attached hydrogens (tertiary/aromatic N) is 2. The fourth-order valence-electron chi connectivity index (χ4n) is 1.55. The van der Waals surface area contributed by atoms with Crippen LogP contribution in [-0.4, -0.2) is 11.5 Å². The van der Waals surface area contributed by atoms with E-state index in [-0.39, 0.29) is 12.4 Å². The Bertz CT molecular complexity index is 668. The summed E-state index contributed by atoms with van der Waals surface area (Å²) < 4.78 is 4.55. The van der Waals surface area contributed by atoms with Crippen molar-refractivity contribution in [1.82, 2.24) is 4.98 Å². The molecular weight excluding hydrogens is 260 g/mol.